The summed E-state index contributed by atoms with van der Waals surface area (Å²) in [6, 6.07) is 11.9. The normalized spacial score (nSPS) is 25.4. The van der Waals surface area contributed by atoms with Crippen molar-refractivity contribution in [2.45, 2.75) is 134 Å². The number of hydrogen-bond donors (Lipinski definition) is 0. The molecule has 13 heteroatoms. The smallest absolute Gasteiger partial charge is 0.305 e. The van der Waals surface area contributed by atoms with Crippen LogP contribution in [0.5, 0.6) is 6.01 Å². The average molecular weight is 773 g/mol. The lowest BCUT2D eigenvalue weighted by atomic mass is 9.77. The fraction of sp³-hybridized carbons (Fsp3) is 0.667. The first kappa shape index (κ1) is 39.4. The van der Waals surface area contributed by atoms with Crippen LogP contribution in [0.2, 0.25) is 48.8 Å². The molecule has 52 heavy (non-hydrogen) atoms. The first-order valence-corrected chi connectivity index (χ1v) is 25.9. The Kier molecular flexibility index (Phi) is 12.0. The minimum atomic E-state index is -2.02. The maximum Gasteiger partial charge on any atom is 0.305 e. The molecule has 3 aromatic rings. The van der Waals surface area contributed by atoms with Crippen molar-refractivity contribution >= 4 is 45.1 Å². The highest BCUT2D eigenvalue weighted by Crippen LogP contribution is 2.42. The standard InChI is InChI=1S/C39H58ClN3O7Si2/c1-39(2,3)52(8,9)50-32-23-48-35-31(22-47-36(32)35)49-38-41-30-21-29(40)34(42-37(30)43(38)24-46-18-19-51(5,6)7)28-16-14-27(15-17-28)26-12-10-25(11-13-26)20-33(44)45-4/h14-17,21,25-26,31-32,35-36H,10-13,18-20,22-24H2,1-9H3/t25?,26?,31-,32-,35-,36-/m1/s1. The van der Waals surface area contributed by atoms with E-state index >= 15 is 0 Å². The molecule has 0 unspecified atom stereocenters. The van der Waals surface area contributed by atoms with Crippen LogP contribution in [0.15, 0.2) is 30.3 Å². The highest BCUT2D eigenvalue weighted by atomic mass is 35.5. The van der Waals surface area contributed by atoms with Crippen LogP contribution in [-0.4, -0.2) is 88.2 Å². The van der Waals surface area contributed by atoms with E-state index in [4.69, 9.17) is 49.7 Å². The number of pyridine rings is 1. The molecule has 4 atom stereocenters. The summed E-state index contributed by atoms with van der Waals surface area (Å²) in [5, 5.41) is 0.607. The van der Waals surface area contributed by atoms with Gasteiger partial charge in [0.15, 0.2) is 20.1 Å². The Morgan fingerprint density at radius 2 is 1.62 bits per heavy atom. The zero-order valence-corrected chi connectivity index (χ0v) is 35.3. The van der Waals surface area contributed by atoms with Gasteiger partial charge in [-0.2, -0.15) is 4.98 Å². The van der Waals surface area contributed by atoms with Gasteiger partial charge in [0.1, 0.15) is 24.5 Å². The molecule has 6 rings (SSSR count). The van der Waals surface area contributed by atoms with Crippen LogP contribution >= 0.6 is 11.6 Å². The van der Waals surface area contributed by atoms with Gasteiger partial charge in [-0.1, -0.05) is 76.3 Å². The number of esters is 1. The number of carbonyl (C=O) groups excluding carboxylic acids is 1. The minimum Gasteiger partial charge on any atom is -0.469 e. The fourth-order valence-electron chi connectivity index (χ4n) is 7.20. The molecule has 1 saturated carbocycles. The van der Waals surface area contributed by atoms with Crippen LogP contribution in [0.4, 0.5) is 0 Å². The number of halogens is 1. The number of imidazole rings is 1. The van der Waals surface area contributed by atoms with Crippen LogP contribution in [0, 0.1) is 5.92 Å². The molecule has 4 heterocycles. The molecular weight excluding hydrogens is 714 g/mol. The fourth-order valence-corrected chi connectivity index (χ4v) is 9.53. The van der Waals surface area contributed by atoms with Crippen molar-refractivity contribution in [2.75, 3.05) is 26.9 Å². The molecule has 3 fully saturated rings. The largest absolute Gasteiger partial charge is 0.469 e. The Bertz CT molecular complexity index is 1700. The van der Waals surface area contributed by atoms with Gasteiger partial charge in [0.2, 0.25) is 0 Å². The van der Waals surface area contributed by atoms with E-state index in [1.165, 1.54) is 12.7 Å². The van der Waals surface area contributed by atoms with Gasteiger partial charge in [-0.3, -0.25) is 9.36 Å². The molecule has 0 spiro atoms. The molecule has 0 bridgehead atoms. The van der Waals surface area contributed by atoms with Crippen LogP contribution in [0.25, 0.3) is 22.4 Å². The number of nitrogens with zero attached hydrogens (tertiary/aromatic N) is 3. The molecule has 2 aromatic heterocycles. The zero-order chi connectivity index (χ0) is 37.4. The highest BCUT2D eigenvalue weighted by molar-refractivity contribution is 6.76. The number of methoxy groups -OCH3 is 1. The van der Waals surface area contributed by atoms with Crippen molar-refractivity contribution in [2.24, 2.45) is 5.92 Å². The van der Waals surface area contributed by atoms with E-state index in [9.17, 15) is 4.79 Å². The van der Waals surface area contributed by atoms with Gasteiger partial charge < -0.3 is 28.1 Å². The topological polar surface area (TPSA) is 103 Å². The molecule has 286 valence electrons. The Labute approximate surface area is 316 Å². The van der Waals surface area contributed by atoms with Crippen molar-refractivity contribution in [3.05, 3.63) is 40.9 Å². The summed E-state index contributed by atoms with van der Waals surface area (Å²) < 4.78 is 39.0. The van der Waals surface area contributed by atoms with E-state index in [0.29, 0.717) is 66.0 Å². The molecule has 1 aliphatic carbocycles. The molecule has 0 amide bonds. The van der Waals surface area contributed by atoms with E-state index in [1.54, 1.807) is 0 Å². The molecule has 10 nitrogen and oxygen atoms in total. The molecule has 3 aliphatic rings. The predicted octanol–water partition coefficient (Wildman–Crippen LogP) is 8.84. The van der Waals surface area contributed by atoms with E-state index in [2.05, 4.69) is 77.8 Å². The average Bonchev–Trinajstić information content (AvgIpc) is 3.76. The minimum absolute atomic E-state index is 0.0857. The second kappa shape index (κ2) is 15.8. The van der Waals surface area contributed by atoms with Gasteiger partial charge in [0.05, 0.1) is 37.1 Å². The summed E-state index contributed by atoms with van der Waals surface area (Å²) in [5.41, 5.74) is 4.21. The van der Waals surface area contributed by atoms with Crippen LogP contribution in [0.3, 0.4) is 0 Å². The maximum absolute atomic E-state index is 11.8. The van der Waals surface area contributed by atoms with Crippen molar-refractivity contribution < 1.29 is 32.9 Å². The third kappa shape index (κ3) is 8.96. The van der Waals surface area contributed by atoms with Crippen molar-refractivity contribution in [1.82, 2.24) is 14.5 Å². The Hall–Kier alpha value is -2.33. The third-order valence-electron chi connectivity index (χ3n) is 11.5. The van der Waals surface area contributed by atoms with E-state index in [-0.39, 0.29) is 42.2 Å². The van der Waals surface area contributed by atoms with Gasteiger partial charge in [-0.05, 0) is 73.3 Å². The number of fused-ring (bicyclic) bond motifs is 2. The third-order valence-corrected chi connectivity index (χ3v) is 18.0. The summed E-state index contributed by atoms with van der Waals surface area (Å²) in [5.74, 6) is 0.764. The second-order valence-corrected chi connectivity index (χ2v) is 28.4. The number of ether oxygens (including phenoxy) is 5. The van der Waals surface area contributed by atoms with Crippen LogP contribution < -0.4 is 4.74 Å². The van der Waals surface area contributed by atoms with Gasteiger partial charge >= 0.3 is 12.0 Å². The summed E-state index contributed by atoms with van der Waals surface area (Å²) in [6.07, 6.45) is 3.78. The number of aromatic nitrogens is 3. The van der Waals surface area contributed by atoms with E-state index in [1.807, 2.05) is 10.6 Å². The number of hydrogen-bond acceptors (Lipinski definition) is 9. The number of rotatable bonds is 13. The zero-order valence-electron chi connectivity index (χ0n) is 32.5. The van der Waals surface area contributed by atoms with E-state index < -0.39 is 16.4 Å². The Morgan fingerprint density at radius 1 is 0.962 bits per heavy atom. The lowest BCUT2D eigenvalue weighted by molar-refractivity contribution is -0.142. The van der Waals surface area contributed by atoms with Gasteiger partial charge in [-0.15, -0.1) is 0 Å². The van der Waals surface area contributed by atoms with Gasteiger partial charge in [0, 0.05) is 26.7 Å². The van der Waals surface area contributed by atoms with Crippen LogP contribution in [-0.2, 0) is 34.9 Å². The Balaban J connectivity index is 1.21. The quantitative estimate of drug-likeness (QED) is 0.0958. The molecule has 1 aromatic carbocycles. The van der Waals surface area contributed by atoms with Gasteiger partial charge in [-0.25, -0.2) is 4.98 Å². The SMILES string of the molecule is COC(=O)CC1CCC(c2ccc(-c3nc4c(cc3Cl)nc(O[C@@H]3CO[C@H]5[C@@H]3OC[C@H]5O[Si](C)(C)C(C)(C)C)n4COCC[Si](C)(C)C)cc2)CC1. The number of benzene rings is 1. The summed E-state index contributed by atoms with van der Waals surface area (Å²) in [4.78, 5) is 21.7. The lowest BCUT2D eigenvalue weighted by Gasteiger charge is -2.39. The molecule has 0 N–H and O–H groups in total. The van der Waals surface area contributed by atoms with Crippen molar-refractivity contribution in [3.63, 3.8) is 0 Å². The predicted molar refractivity (Wildman–Crippen MR) is 209 cm³/mol. The van der Waals surface area contributed by atoms with Gasteiger partial charge in [0.25, 0.3) is 0 Å². The van der Waals surface area contributed by atoms with Crippen molar-refractivity contribution in [1.29, 1.82) is 0 Å². The molecule has 2 saturated heterocycles. The summed E-state index contributed by atoms with van der Waals surface area (Å²) >= 11 is 6.91. The summed E-state index contributed by atoms with van der Waals surface area (Å²) in [7, 11) is -1.84. The maximum atomic E-state index is 11.8. The molecule has 2 aliphatic heterocycles. The Morgan fingerprint density at radius 3 is 2.25 bits per heavy atom. The first-order valence-electron chi connectivity index (χ1n) is 18.9. The van der Waals surface area contributed by atoms with Crippen molar-refractivity contribution in [3.8, 4) is 17.3 Å². The summed E-state index contributed by atoms with van der Waals surface area (Å²) in [6.45, 7) is 20.0. The lowest BCUT2D eigenvalue weighted by Crippen LogP contribution is -2.47. The molecule has 0 radical (unpaired) electrons. The number of carbonyl (C=O) groups is 1. The molecular formula is C39H58ClN3O7Si2. The second-order valence-electron chi connectivity index (χ2n) is 17.6. The monoisotopic (exact) mass is 771 g/mol. The first-order chi connectivity index (χ1) is 24.5. The highest BCUT2D eigenvalue weighted by Gasteiger charge is 2.52. The van der Waals surface area contributed by atoms with Crippen LogP contribution in [0.1, 0.15) is 64.4 Å². The van der Waals surface area contributed by atoms with E-state index in [0.717, 1.165) is 37.3 Å².